The van der Waals surface area contributed by atoms with Crippen molar-refractivity contribution in [2.24, 2.45) is 24.8 Å². The molecule has 0 bridgehead atoms. The second-order valence-electron chi connectivity index (χ2n) is 11.0. The van der Waals surface area contributed by atoms with Crippen molar-refractivity contribution in [1.82, 2.24) is 14.5 Å². The van der Waals surface area contributed by atoms with Gasteiger partial charge in [0.25, 0.3) is 5.56 Å². The molecule has 4 atom stereocenters. The highest BCUT2D eigenvalue weighted by molar-refractivity contribution is 5.94. The lowest BCUT2D eigenvalue weighted by atomic mass is 10.0. The maximum absolute atomic E-state index is 13.5. The van der Waals surface area contributed by atoms with Gasteiger partial charge in [0.2, 0.25) is 11.9 Å². The number of rotatable bonds is 7. The molecule has 2 heterocycles. The molecular formula is C29H35N5O4. The van der Waals surface area contributed by atoms with Crippen LogP contribution in [0.5, 0.6) is 0 Å². The number of aromatic carboxylic acids is 1. The minimum atomic E-state index is -1.01. The summed E-state index contributed by atoms with van der Waals surface area (Å²) in [5.74, 6) is 0.403. The van der Waals surface area contributed by atoms with E-state index in [1.807, 2.05) is 51.8 Å². The number of para-hydroxylation sites is 1. The Morgan fingerprint density at radius 2 is 1.79 bits per heavy atom. The molecule has 2 unspecified atom stereocenters. The molecule has 0 spiro atoms. The summed E-state index contributed by atoms with van der Waals surface area (Å²) >= 11 is 0. The second kappa shape index (κ2) is 9.45. The number of benzene rings is 2. The van der Waals surface area contributed by atoms with E-state index in [1.54, 1.807) is 35.9 Å². The Hall–Kier alpha value is -3.88. The van der Waals surface area contributed by atoms with Crippen LogP contribution in [0.25, 0.3) is 10.9 Å². The molecule has 1 amide bonds. The van der Waals surface area contributed by atoms with Gasteiger partial charge in [0, 0.05) is 50.4 Å². The standard InChI is InChI=1S/C29H35N5O4/c1-15(2)32(5)27(36)24-21-13-34(14-22(21)24)29-31-25-19(11-16(3)12-20(25)26(35)33(29)6)17(4)30-23-10-8-7-9-18(23)28(37)38/h7-12,15,17,21-22,24,30H,13-14H2,1-6H3,(H,37,38)/t17?,21-,22+,24?. The lowest BCUT2D eigenvalue weighted by molar-refractivity contribution is -0.133. The lowest BCUT2D eigenvalue weighted by Gasteiger charge is -2.26. The summed E-state index contributed by atoms with van der Waals surface area (Å²) in [6.07, 6.45) is 0. The SMILES string of the molecule is Cc1cc(C(C)Nc2ccccc2C(=O)O)c2nc(N3C[C@@H]4C(C(=O)N(C)C(C)C)[C@@H]4C3)n(C)c(=O)c2c1. The third-order valence-corrected chi connectivity index (χ3v) is 8.21. The zero-order valence-corrected chi connectivity index (χ0v) is 22.7. The first kappa shape index (κ1) is 25.8. The fourth-order valence-electron chi connectivity index (χ4n) is 5.81. The number of carboxylic acids is 1. The quantitative estimate of drug-likeness (QED) is 0.492. The summed E-state index contributed by atoms with van der Waals surface area (Å²) < 4.78 is 1.60. The summed E-state index contributed by atoms with van der Waals surface area (Å²) in [5.41, 5.74) is 2.93. The van der Waals surface area contributed by atoms with Crippen molar-refractivity contribution in [3.63, 3.8) is 0 Å². The number of anilines is 2. The number of aromatic nitrogens is 2. The molecule has 2 fully saturated rings. The van der Waals surface area contributed by atoms with Gasteiger partial charge in [0.05, 0.1) is 22.5 Å². The predicted octanol–water partition coefficient (Wildman–Crippen LogP) is 3.66. The molecular weight excluding hydrogens is 482 g/mol. The fourth-order valence-corrected chi connectivity index (χ4v) is 5.81. The molecule has 200 valence electrons. The van der Waals surface area contributed by atoms with Crippen LogP contribution < -0.4 is 15.8 Å². The van der Waals surface area contributed by atoms with Crippen LogP contribution in [0, 0.1) is 24.7 Å². The average Bonchev–Trinajstić information content (AvgIpc) is 3.37. The van der Waals surface area contributed by atoms with E-state index in [2.05, 4.69) is 10.2 Å². The molecule has 2 aromatic carbocycles. The number of hydrogen-bond acceptors (Lipinski definition) is 6. The Balaban J connectivity index is 1.47. The Morgan fingerprint density at radius 1 is 1.13 bits per heavy atom. The highest BCUT2D eigenvalue weighted by atomic mass is 16.4. The zero-order valence-electron chi connectivity index (χ0n) is 22.7. The van der Waals surface area contributed by atoms with Crippen LogP contribution in [0.4, 0.5) is 11.6 Å². The third kappa shape index (κ3) is 4.29. The minimum absolute atomic E-state index is 0.0490. The van der Waals surface area contributed by atoms with Crippen LogP contribution in [0.1, 0.15) is 48.3 Å². The third-order valence-electron chi connectivity index (χ3n) is 8.21. The van der Waals surface area contributed by atoms with E-state index >= 15 is 0 Å². The van der Waals surface area contributed by atoms with Crippen molar-refractivity contribution in [3.8, 4) is 0 Å². The first-order valence-electron chi connectivity index (χ1n) is 13.1. The van der Waals surface area contributed by atoms with Gasteiger partial charge in [-0.05, 0) is 63.3 Å². The molecule has 9 heteroatoms. The topological polar surface area (TPSA) is 108 Å². The number of carboxylic acid groups (broad SMARTS) is 1. The van der Waals surface area contributed by atoms with Crippen molar-refractivity contribution in [3.05, 3.63) is 63.4 Å². The fraction of sp³-hybridized carbons (Fsp3) is 0.448. The Kier molecular flexibility index (Phi) is 6.41. The molecule has 3 aromatic rings. The van der Waals surface area contributed by atoms with E-state index in [0.717, 1.165) is 11.1 Å². The maximum atomic E-state index is 13.5. The minimum Gasteiger partial charge on any atom is -0.478 e. The summed E-state index contributed by atoms with van der Waals surface area (Å²) in [5, 5.41) is 13.4. The van der Waals surface area contributed by atoms with Gasteiger partial charge in [0.1, 0.15) is 0 Å². The number of nitrogens with zero attached hydrogens (tertiary/aromatic N) is 4. The van der Waals surface area contributed by atoms with Crippen molar-refractivity contribution in [2.45, 2.75) is 39.8 Å². The van der Waals surface area contributed by atoms with E-state index < -0.39 is 5.97 Å². The van der Waals surface area contributed by atoms with Gasteiger partial charge in [-0.3, -0.25) is 14.2 Å². The van der Waals surface area contributed by atoms with Gasteiger partial charge in [0.15, 0.2) is 0 Å². The first-order valence-corrected chi connectivity index (χ1v) is 13.1. The van der Waals surface area contributed by atoms with E-state index in [-0.39, 0.29) is 46.9 Å². The summed E-state index contributed by atoms with van der Waals surface area (Å²) in [6, 6.07) is 10.5. The Labute approximate surface area is 222 Å². The van der Waals surface area contributed by atoms with Crippen LogP contribution in [0.2, 0.25) is 0 Å². The molecule has 2 N–H and O–H groups in total. The van der Waals surface area contributed by atoms with Crippen molar-refractivity contribution in [2.75, 3.05) is 30.4 Å². The maximum Gasteiger partial charge on any atom is 0.337 e. The molecule has 0 radical (unpaired) electrons. The first-order chi connectivity index (χ1) is 18.0. The molecule has 1 aliphatic carbocycles. The highest BCUT2D eigenvalue weighted by Gasteiger charge is 2.60. The van der Waals surface area contributed by atoms with Gasteiger partial charge in [-0.15, -0.1) is 0 Å². The largest absolute Gasteiger partial charge is 0.478 e. The number of hydrogen-bond donors (Lipinski definition) is 2. The van der Waals surface area contributed by atoms with Crippen molar-refractivity contribution in [1.29, 1.82) is 0 Å². The van der Waals surface area contributed by atoms with Crippen LogP contribution in [-0.2, 0) is 11.8 Å². The van der Waals surface area contributed by atoms with Gasteiger partial charge in [-0.25, -0.2) is 9.78 Å². The molecule has 1 aromatic heterocycles. The average molecular weight is 518 g/mol. The summed E-state index contributed by atoms with van der Waals surface area (Å²) in [4.78, 5) is 47.0. The predicted molar refractivity (Wildman–Crippen MR) is 148 cm³/mol. The van der Waals surface area contributed by atoms with Crippen LogP contribution in [0.15, 0.2) is 41.2 Å². The Bertz CT molecular complexity index is 1480. The molecule has 1 saturated carbocycles. The zero-order chi connectivity index (χ0) is 27.5. The molecule has 1 aliphatic heterocycles. The summed E-state index contributed by atoms with van der Waals surface area (Å²) in [7, 11) is 3.61. The number of aryl methyl sites for hydroxylation is 1. The van der Waals surface area contributed by atoms with Crippen LogP contribution >= 0.6 is 0 Å². The van der Waals surface area contributed by atoms with Gasteiger partial charge >= 0.3 is 5.97 Å². The van der Waals surface area contributed by atoms with E-state index in [1.165, 1.54) is 0 Å². The van der Waals surface area contributed by atoms with Crippen LogP contribution in [0.3, 0.4) is 0 Å². The number of nitrogens with one attached hydrogen (secondary N) is 1. The number of carbonyl (C=O) groups is 2. The molecule has 5 rings (SSSR count). The number of fused-ring (bicyclic) bond motifs is 2. The van der Waals surface area contributed by atoms with Crippen LogP contribution in [-0.4, -0.2) is 57.6 Å². The van der Waals surface area contributed by atoms with Gasteiger partial charge in [-0.2, -0.15) is 0 Å². The smallest absolute Gasteiger partial charge is 0.337 e. The second-order valence-corrected chi connectivity index (χ2v) is 11.0. The molecule has 1 saturated heterocycles. The highest BCUT2D eigenvalue weighted by Crippen LogP contribution is 2.53. The summed E-state index contributed by atoms with van der Waals surface area (Å²) in [6.45, 7) is 9.31. The Morgan fingerprint density at radius 3 is 2.42 bits per heavy atom. The van der Waals surface area contributed by atoms with Crippen molar-refractivity contribution >= 4 is 34.4 Å². The van der Waals surface area contributed by atoms with E-state index in [9.17, 15) is 19.5 Å². The number of piperidine rings is 1. The molecule has 9 nitrogen and oxygen atoms in total. The van der Waals surface area contributed by atoms with Crippen molar-refractivity contribution < 1.29 is 14.7 Å². The monoisotopic (exact) mass is 517 g/mol. The lowest BCUT2D eigenvalue weighted by Crippen LogP contribution is -2.38. The van der Waals surface area contributed by atoms with Gasteiger partial charge < -0.3 is 20.2 Å². The molecule has 2 aliphatic rings. The molecule has 38 heavy (non-hydrogen) atoms. The number of carbonyl (C=O) groups excluding carboxylic acids is 1. The van der Waals surface area contributed by atoms with E-state index in [0.29, 0.717) is 35.6 Å². The normalized spacial score (nSPS) is 20.9. The van der Waals surface area contributed by atoms with Gasteiger partial charge in [-0.1, -0.05) is 18.2 Å². The van der Waals surface area contributed by atoms with E-state index in [4.69, 9.17) is 4.98 Å². The number of amides is 1.